The van der Waals surface area contributed by atoms with Crippen LogP contribution in [0.15, 0.2) is 42.5 Å². The largest absolute Gasteiger partial charge is 0.345 e. The van der Waals surface area contributed by atoms with Crippen molar-refractivity contribution in [3.8, 4) is 0 Å². The molecule has 5 nitrogen and oxygen atoms in total. The van der Waals surface area contributed by atoms with Crippen LogP contribution in [0.25, 0.3) is 0 Å². The molecule has 0 atom stereocenters. The van der Waals surface area contributed by atoms with Crippen molar-refractivity contribution in [1.82, 2.24) is 10.2 Å². The van der Waals surface area contributed by atoms with E-state index < -0.39 is 6.03 Å². The molecule has 0 aromatic heterocycles. The third-order valence-corrected chi connectivity index (χ3v) is 3.82. The predicted molar refractivity (Wildman–Crippen MR) is 96.8 cm³/mol. The van der Waals surface area contributed by atoms with Crippen LogP contribution in [0.3, 0.4) is 0 Å². The molecule has 3 amide bonds. The Bertz CT molecular complexity index is 763. The molecule has 0 saturated carbocycles. The van der Waals surface area contributed by atoms with Crippen LogP contribution in [0, 0.1) is 0 Å². The van der Waals surface area contributed by atoms with E-state index in [4.69, 9.17) is 23.2 Å². The topological polar surface area (TPSA) is 61.4 Å². The molecule has 126 valence electrons. The summed E-state index contributed by atoms with van der Waals surface area (Å²) in [5.41, 5.74) is 1.79. The first-order valence-corrected chi connectivity index (χ1v) is 7.93. The van der Waals surface area contributed by atoms with E-state index in [2.05, 4.69) is 10.6 Å². The number of carbonyl (C=O) groups excluding carboxylic acids is 2. The fourth-order valence-electron chi connectivity index (χ4n) is 2.00. The van der Waals surface area contributed by atoms with Gasteiger partial charge in [-0.05, 0) is 35.9 Å². The number of amides is 3. The minimum Gasteiger partial charge on any atom is -0.345 e. The van der Waals surface area contributed by atoms with Crippen molar-refractivity contribution in [2.45, 2.75) is 6.54 Å². The standard InChI is InChI=1S/C17H17Cl2N3O2/c1-22(2)16(23)11-4-3-5-14(8-11)21-17(24)20-10-12-6-7-13(18)9-15(12)19/h3-9H,10H2,1-2H3,(H2,20,21,24). The summed E-state index contributed by atoms with van der Waals surface area (Å²) in [6.45, 7) is 0.262. The smallest absolute Gasteiger partial charge is 0.319 e. The SMILES string of the molecule is CN(C)C(=O)c1cccc(NC(=O)NCc2ccc(Cl)cc2Cl)c1. The molecule has 0 aliphatic carbocycles. The van der Waals surface area contributed by atoms with Gasteiger partial charge in [0.25, 0.3) is 5.91 Å². The summed E-state index contributed by atoms with van der Waals surface area (Å²) in [6, 6.07) is 11.4. The maximum absolute atomic E-state index is 12.0. The summed E-state index contributed by atoms with van der Waals surface area (Å²) in [5.74, 6) is -0.132. The molecule has 0 bridgehead atoms. The Labute approximate surface area is 150 Å². The second-order valence-electron chi connectivity index (χ2n) is 5.32. The number of hydrogen-bond donors (Lipinski definition) is 2. The highest BCUT2D eigenvalue weighted by Crippen LogP contribution is 2.20. The van der Waals surface area contributed by atoms with Gasteiger partial charge in [-0.3, -0.25) is 4.79 Å². The van der Waals surface area contributed by atoms with Gasteiger partial charge in [0, 0.05) is 41.9 Å². The number of urea groups is 1. The van der Waals surface area contributed by atoms with Crippen molar-refractivity contribution in [3.05, 3.63) is 63.6 Å². The molecule has 7 heteroatoms. The number of hydrogen-bond acceptors (Lipinski definition) is 2. The van der Waals surface area contributed by atoms with Gasteiger partial charge in [0.2, 0.25) is 0 Å². The quantitative estimate of drug-likeness (QED) is 0.859. The van der Waals surface area contributed by atoms with E-state index >= 15 is 0 Å². The summed E-state index contributed by atoms with van der Waals surface area (Å²) in [7, 11) is 3.34. The number of anilines is 1. The van der Waals surface area contributed by atoms with Crippen LogP contribution in [0.1, 0.15) is 15.9 Å². The van der Waals surface area contributed by atoms with Gasteiger partial charge in [-0.25, -0.2) is 4.79 Å². The van der Waals surface area contributed by atoms with E-state index in [0.29, 0.717) is 21.3 Å². The van der Waals surface area contributed by atoms with E-state index in [1.54, 1.807) is 56.6 Å². The van der Waals surface area contributed by atoms with Crippen LogP contribution in [-0.4, -0.2) is 30.9 Å². The molecular weight excluding hydrogens is 349 g/mol. The number of rotatable bonds is 4. The highest BCUT2D eigenvalue weighted by atomic mass is 35.5. The number of halogens is 2. The summed E-state index contributed by atoms with van der Waals surface area (Å²) in [4.78, 5) is 25.4. The van der Waals surface area contributed by atoms with Gasteiger partial charge in [-0.1, -0.05) is 35.3 Å². The van der Waals surface area contributed by atoms with Crippen LogP contribution in [0.5, 0.6) is 0 Å². The lowest BCUT2D eigenvalue weighted by molar-refractivity contribution is 0.0827. The first kappa shape index (κ1) is 18.1. The second kappa shape index (κ2) is 8.04. The molecule has 2 aromatic carbocycles. The predicted octanol–water partition coefficient (Wildman–Crippen LogP) is 4.02. The first-order valence-electron chi connectivity index (χ1n) is 7.17. The lowest BCUT2D eigenvalue weighted by Crippen LogP contribution is -2.28. The first-order chi connectivity index (χ1) is 11.4. The van der Waals surface area contributed by atoms with Crippen molar-refractivity contribution >= 4 is 40.8 Å². The summed E-state index contributed by atoms with van der Waals surface area (Å²) >= 11 is 11.9. The zero-order chi connectivity index (χ0) is 17.7. The fourth-order valence-corrected chi connectivity index (χ4v) is 2.48. The van der Waals surface area contributed by atoms with Gasteiger partial charge in [0.05, 0.1) is 0 Å². The van der Waals surface area contributed by atoms with Crippen LogP contribution in [-0.2, 0) is 6.54 Å². The Balaban J connectivity index is 1.97. The monoisotopic (exact) mass is 365 g/mol. The summed E-state index contributed by atoms with van der Waals surface area (Å²) in [5, 5.41) is 6.42. The fraction of sp³-hybridized carbons (Fsp3) is 0.176. The van der Waals surface area contributed by atoms with Gasteiger partial charge in [0.1, 0.15) is 0 Å². The Morgan fingerprint density at radius 3 is 2.50 bits per heavy atom. The van der Waals surface area contributed by atoms with Crippen molar-refractivity contribution < 1.29 is 9.59 Å². The highest BCUT2D eigenvalue weighted by molar-refractivity contribution is 6.35. The molecule has 2 rings (SSSR count). The molecule has 0 spiro atoms. The third kappa shape index (κ3) is 4.88. The summed E-state index contributed by atoms with van der Waals surface area (Å²) in [6.07, 6.45) is 0. The van der Waals surface area contributed by atoms with Gasteiger partial charge in [-0.2, -0.15) is 0 Å². The Hall–Kier alpha value is -2.24. The maximum Gasteiger partial charge on any atom is 0.319 e. The van der Waals surface area contributed by atoms with Crippen LogP contribution >= 0.6 is 23.2 Å². The molecule has 0 saturated heterocycles. The summed E-state index contributed by atoms with van der Waals surface area (Å²) < 4.78 is 0. The van der Waals surface area contributed by atoms with Crippen LogP contribution in [0.4, 0.5) is 10.5 Å². The van der Waals surface area contributed by atoms with Crippen molar-refractivity contribution in [3.63, 3.8) is 0 Å². The zero-order valence-electron chi connectivity index (χ0n) is 13.3. The van der Waals surface area contributed by atoms with Crippen molar-refractivity contribution in [1.29, 1.82) is 0 Å². The molecule has 0 aliphatic heterocycles. The van der Waals surface area contributed by atoms with Crippen molar-refractivity contribution in [2.24, 2.45) is 0 Å². The minimum atomic E-state index is -0.393. The number of carbonyl (C=O) groups is 2. The normalized spacial score (nSPS) is 10.2. The van der Waals surface area contributed by atoms with Gasteiger partial charge < -0.3 is 15.5 Å². The minimum absolute atomic E-state index is 0.132. The van der Waals surface area contributed by atoms with E-state index in [9.17, 15) is 9.59 Å². The lowest BCUT2D eigenvalue weighted by atomic mass is 10.2. The number of nitrogens with zero attached hydrogens (tertiary/aromatic N) is 1. The molecular formula is C17H17Cl2N3O2. The van der Waals surface area contributed by atoms with E-state index in [0.717, 1.165) is 5.56 Å². The molecule has 0 radical (unpaired) electrons. The van der Waals surface area contributed by atoms with E-state index in [1.165, 1.54) is 4.90 Å². The second-order valence-corrected chi connectivity index (χ2v) is 6.17. The molecule has 0 unspecified atom stereocenters. The Kier molecular flexibility index (Phi) is 6.06. The van der Waals surface area contributed by atoms with Gasteiger partial charge in [0.15, 0.2) is 0 Å². The molecule has 0 aliphatic rings. The molecule has 0 heterocycles. The molecule has 0 fully saturated rings. The maximum atomic E-state index is 12.0. The average Bonchev–Trinajstić information content (AvgIpc) is 2.53. The van der Waals surface area contributed by atoms with E-state index in [-0.39, 0.29) is 12.5 Å². The molecule has 2 N–H and O–H groups in total. The highest BCUT2D eigenvalue weighted by Gasteiger charge is 2.10. The van der Waals surface area contributed by atoms with Gasteiger partial charge in [-0.15, -0.1) is 0 Å². The average molecular weight is 366 g/mol. The third-order valence-electron chi connectivity index (χ3n) is 3.23. The Morgan fingerprint density at radius 2 is 1.83 bits per heavy atom. The Morgan fingerprint density at radius 1 is 1.08 bits per heavy atom. The molecule has 24 heavy (non-hydrogen) atoms. The number of nitrogens with one attached hydrogen (secondary N) is 2. The molecule has 2 aromatic rings. The number of benzene rings is 2. The van der Waals surface area contributed by atoms with E-state index in [1.807, 2.05) is 0 Å². The van der Waals surface area contributed by atoms with Gasteiger partial charge >= 0.3 is 6.03 Å². The van der Waals surface area contributed by atoms with Crippen molar-refractivity contribution in [2.75, 3.05) is 19.4 Å². The van der Waals surface area contributed by atoms with Crippen LogP contribution < -0.4 is 10.6 Å². The zero-order valence-corrected chi connectivity index (χ0v) is 14.8. The lowest BCUT2D eigenvalue weighted by Gasteiger charge is -2.12. The van der Waals surface area contributed by atoms with Crippen LogP contribution in [0.2, 0.25) is 10.0 Å².